The van der Waals surface area contributed by atoms with E-state index in [0.717, 1.165) is 25.9 Å². The molecule has 1 aliphatic heterocycles. The SMILES string of the molecule is CN(C)S(=O)(=O)NC1CCCNC1.Cl. The van der Waals surface area contributed by atoms with Crippen LogP contribution >= 0.6 is 12.4 Å². The Morgan fingerprint density at radius 1 is 1.43 bits per heavy atom. The maximum absolute atomic E-state index is 11.4. The first-order chi connectivity index (χ1) is 6.02. The first kappa shape index (κ1) is 14.1. The lowest BCUT2D eigenvalue weighted by atomic mass is 10.1. The van der Waals surface area contributed by atoms with E-state index in [1.54, 1.807) is 0 Å². The van der Waals surface area contributed by atoms with Crippen molar-refractivity contribution in [2.45, 2.75) is 18.9 Å². The molecule has 1 heterocycles. The molecule has 1 aliphatic rings. The largest absolute Gasteiger partial charge is 0.315 e. The summed E-state index contributed by atoms with van der Waals surface area (Å²) in [5.41, 5.74) is 0. The minimum Gasteiger partial charge on any atom is -0.315 e. The molecule has 0 spiro atoms. The molecule has 0 bridgehead atoms. The van der Waals surface area contributed by atoms with E-state index < -0.39 is 10.2 Å². The third-order valence-electron chi connectivity index (χ3n) is 2.09. The lowest BCUT2D eigenvalue weighted by molar-refractivity contribution is 0.414. The number of rotatable bonds is 3. The maximum Gasteiger partial charge on any atom is 0.279 e. The van der Waals surface area contributed by atoms with Crippen LogP contribution in [0.3, 0.4) is 0 Å². The summed E-state index contributed by atoms with van der Waals surface area (Å²) in [4.78, 5) is 0. The lowest BCUT2D eigenvalue weighted by Crippen LogP contribution is -2.48. The minimum atomic E-state index is -3.25. The van der Waals surface area contributed by atoms with Crippen molar-refractivity contribution in [2.24, 2.45) is 0 Å². The number of hydrogen-bond donors (Lipinski definition) is 2. The number of nitrogens with one attached hydrogen (secondary N) is 2. The van der Waals surface area contributed by atoms with E-state index in [9.17, 15) is 8.42 Å². The van der Waals surface area contributed by atoms with Crippen LogP contribution in [0.5, 0.6) is 0 Å². The Bertz CT molecular complexity index is 250. The second kappa shape index (κ2) is 5.87. The first-order valence-corrected chi connectivity index (χ1v) is 5.87. The molecule has 0 aromatic carbocycles. The van der Waals surface area contributed by atoms with Gasteiger partial charge in [0.15, 0.2) is 0 Å². The van der Waals surface area contributed by atoms with Crippen LogP contribution in [0.2, 0.25) is 0 Å². The molecule has 0 aromatic rings. The smallest absolute Gasteiger partial charge is 0.279 e. The number of piperidine rings is 1. The quantitative estimate of drug-likeness (QED) is 0.706. The van der Waals surface area contributed by atoms with Crippen LogP contribution < -0.4 is 10.0 Å². The summed E-state index contributed by atoms with van der Waals surface area (Å²) in [6.45, 7) is 1.72. The van der Waals surface area contributed by atoms with Crippen LogP contribution in [-0.2, 0) is 10.2 Å². The first-order valence-electron chi connectivity index (χ1n) is 4.43. The summed E-state index contributed by atoms with van der Waals surface area (Å²) >= 11 is 0. The van der Waals surface area contributed by atoms with Crippen molar-refractivity contribution in [3.63, 3.8) is 0 Å². The summed E-state index contributed by atoms with van der Waals surface area (Å²) in [5.74, 6) is 0. The molecule has 0 aliphatic carbocycles. The molecule has 0 aromatic heterocycles. The number of hydrogen-bond acceptors (Lipinski definition) is 3. The third kappa shape index (κ3) is 4.10. The van der Waals surface area contributed by atoms with Gasteiger partial charge in [0.1, 0.15) is 0 Å². The Morgan fingerprint density at radius 3 is 2.50 bits per heavy atom. The number of halogens is 1. The molecular formula is C7H18ClN3O2S. The zero-order valence-corrected chi connectivity index (χ0v) is 10.1. The van der Waals surface area contributed by atoms with Crippen LogP contribution in [0.25, 0.3) is 0 Å². The predicted octanol–water partition coefficient (Wildman–Crippen LogP) is -0.444. The van der Waals surface area contributed by atoms with Gasteiger partial charge in [-0.1, -0.05) is 0 Å². The average molecular weight is 244 g/mol. The maximum atomic E-state index is 11.4. The molecule has 86 valence electrons. The van der Waals surface area contributed by atoms with E-state index >= 15 is 0 Å². The normalized spacial score (nSPS) is 23.2. The van der Waals surface area contributed by atoms with E-state index in [2.05, 4.69) is 10.0 Å². The van der Waals surface area contributed by atoms with Crippen LogP contribution in [0, 0.1) is 0 Å². The van der Waals surface area contributed by atoms with Gasteiger partial charge < -0.3 is 5.32 Å². The molecule has 0 saturated carbocycles. The molecule has 7 heteroatoms. The topological polar surface area (TPSA) is 61.4 Å². The van der Waals surface area contributed by atoms with E-state index in [1.807, 2.05) is 0 Å². The van der Waals surface area contributed by atoms with Crippen molar-refractivity contribution in [2.75, 3.05) is 27.2 Å². The molecular weight excluding hydrogens is 226 g/mol. The highest BCUT2D eigenvalue weighted by atomic mass is 35.5. The highest BCUT2D eigenvalue weighted by Gasteiger charge is 2.20. The van der Waals surface area contributed by atoms with Gasteiger partial charge in [-0.15, -0.1) is 12.4 Å². The highest BCUT2D eigenvalue weighted by Crippen LogP contribution is 2.03. The van der Waals surface area contributed by atoms with Crippen molar-refractivity contribution in [3.8, 4) is 0 Å². The van der Waals surface area contributed by atoms with Crippen molar-refractivity contribution in [1.82, 2.24) is 14.3 Å². The Hall–Kier alpha value is 0.120. The summed E-state index contributed by atoms with van der Waals surface area (Å²) in [6, 6.07) is 0.0427. The van der Waals surface area contributed by atoms with Gasteiger partial charge in [0, 0.05) is 26.7 Å². The van der Waals surface area contributed by atoms with Crippen LogP contribution in [0.1, 0.15) is 12.8 Å². The summed E-state index contributed by atoms with van der Waals surface area (Å²) < 4.78 is 26.6. The highest BCUT2D eigenvalue weighted by molar-refractivity contribution is 7.87. The van der Waals surface area contributed by atoms with Crippen molar-refractivity contribution in [3.05, 3.63) is 0 Å². The van der Waals surface area contributed by atoms with Gasteiger partial charge in [-0.2, -0.15) is 17.4 Å². The van der Waals surface area contributed by atoms with Crippen molar-refractivity contribution < 1.29 is 8.42 Å². The van der Waals surface area contributed by atoms with Crippen LogP contribution in [0.4, 0.5) is 0 Å². The minimum absolute atomic E-state index is 0. The molecule has 0 radical (unpaired) electrons. The fourth-order valence-corrected chi connectivity index (χ4v) is 2.10. The van der Waals surface area contributed by atoms with Gasteiger partial charge in [0.2, 0.25) is 0 Å². The fourth-order valence-electron chi connectivity index (χ4n) is 1.27. The molecule has 1 saturated heterocycles. The standard InChI is InChI=1S/C7H17N3O2S.ClH/c1-10(2)13(11,12)9-7-4-3-5-8-6-7;/h7-9H,3-6H2,1-2H3;1H. The van der Waals surface area contributed by atoms with Gasteiger partial charge in [-0.25, -0.2) is 0 Å². The summed E-state index contributed by atoms with van der Waals surface area (Å²) in [5, 5.41) is 3.15. The molecule has 1 unspecified atom stereocenters. The Kier molecular flexibility index (Phi) is 5.92. The molecule has 0 amide bonds. The number of nitrogens with zero attached hydrogens (tertiary/aromatic N) is 1. The van der Waals surface area contributed by atoms with Gasteiger partial charge in [-0.05, 0) is 19.4 Å². The monoisotopic (exact) mass is 243 g/mol. The Morgan fingerprint density at radius 2 is 2.07 bits per heavy atom. The predicted molar refractivity (Wildman–Crippen MR) is 58.9 cm³/mol. The third-order valence-corrected chi connectivity index (χ3v) is 3.69. The van der Waals surface area contributed by atoms with Gasteiger partial charge in [0.25, 0.3) is 10.2 Å². The lowest BCUT2D eigenvalue weighted by Gasteiger charge is -2.25. The second-order valence-electron chi connectivity index (χ2n) is 3.45. The van der Waals surface area contributed by atoms with Crippen molar-refractivity contribution in [1.29, 1.82) is 0 Å². The molecule has 1 rings (SSSR count). The Balaban J connectivity index is 0.00000169. The fraction of sp³-hybridized carbons (Fsp3) is 1.00. The summed E-state index contributed by atoms with van der Waals surface area (Å²) in [7, 11) is -0.202. The second-order valence-corrected chi connectivity index (χ2v) is 5.36. The van der Waals surface area contributed by atoms with Gasteiger partial charge >= 0.3 is 0 Å². The van der Waals surface area contributed by atoms with Crippen LogP contribution in [0.15, 0.2) is 0 Å². The average Bonchev–Trinajstić information content (AvgIpc) is 2.05. The zero-order chi connectivity index (χ0) is 9.90. The van der Waals surface area contributed by atoms with E-state index in [4.69, 9.17) is 0 Å². The molecule has 14 heavy (non-hydrogen) atoms. The van der Waals surface area contributed by atoms with E-state index in [0.29, 0.717) is 0 Å². The van der Waals surface area contributed by atoms with Gasteiger partial charge in [0.05, 0.1) is 0 Å². The summed E-state index contributed by atoms with van der Waals surface area (Å²) in [6.07, 6.45) is 1.95. The van der Waals surface area contributed by atoms with E-state index in [-0.39, 0.29) is 18.4 Å². The zero-order valence-electron chi connectivity index (χ0n) is 8.49. The van der Waals surface area contributed by atoms with Crippen molar-refractivity contribution >= 4 is 22.6 Å². The molecule has 5 nitrogen and oxygen atoms in total. The molecule has 1 atom stereocenters. The Labute approximate surface area is 91.8 Å². The molecule has 1 fully saturated rings. The van der Waals surface area contributed by atoms with E-state index in [1.165, 1.54) is 18.4 Å². The van der Waals surface area contributed by atoms with Gasteiger partial charge in [-0.3, -0.25) is 0 Å². The van der Waals surface area contributed by atoms with Crippen LogP contribution in [-0.4, -0.2) is 45.9 Å². The molecule has 2 N–H and O–H groups in total.